The second-order valence-corrected chi connectivity index (χ2v) is 5.26. The first-order chi connectivity index (χ1) is 9.66. The molecule has 1 amide bonds. The Labute approximate surface area is 119 Å². The van der Waals surface area contributed by atoms with Crippen LogP contribution >= 0.6 is 0 Å². The van der Waals surface area contributed by atoms with Gasteiger partial charge in [0.1, 0.15) is 0 Å². The molecule has 0 aliphatic carbocycles. The lowest BCUT2D eigenvalue weighted by Gasteiger charge is -2.31. The van der Waals surface area contributed by atoms with Crippen LogP contribution in [-0.4, -0.2) is 12.5 Å². The Morgan fingerprint density at radius 3 is 2.65 bits per heavy atom. The molecule has 3 heteroatoms. The Morgan fingerprint density at radius 1 is 1.15 bits per heavy atom. The van der Waals surface area contributed by atoms with Crippen molar-refractivity contribution in [1.82, 2.24) is 0 Å². The summed E-state index contributed by atoms with van der Waals surface area (Å²) in [5, 5.41) is 0. The summed E-state index contributed by atoms with van der Waals surface area (Å²) in [4.78, 5) is 14.6. The quantitative estimate of drug-likeness (QED) is 0.806. The van der Waals surface area contributed by atoms with Crippen LogP contribution in [0.15, 0.2) is 42.5 Å². The molecular weight excluding hydrogens is 248 g/mol. The molecule has 20 heavy (non-hydrogen) atoms. The second-order valence-electron chi connectivity index (χ2n) is 5.26. The monoisotopic (exact) mass is 266 g/mol. The molecule has 0 atom stereocenters. The lowest BCUT2D eigenvalue weighted by Crippen LogP contribution is -2.36. The van der Waals surface area contributed by atoms with E-state index in [9.17, 15) is 4.79 Å². The molecule has 1 heterocycles. The fraction of sp³-hybridized carbons (Fsp3) is 0.235. The Hall–Kier alpha value is -2.29. The number of hydrogen-bond donors (Lipinski definition) is 1. The fourth-order valence-corrected chi connectivity index (χ4v) is 2.83. The van der Waals surface area contributed by atoms with Crippen molar-refractivity contribution in [1.29, 1.82) is 0 Å². The van der Waals surface area contributed by atoms with Gasteiger partial charge in [0.25, 0.3) is 5.91 Å². The average molecular weight is 266 g/mol. The molecule has 0 radical (unpaired) electrons. The number of fused-ring (bicyclic) bond motifs is 1. The summed E-state index contributed by atoms with van der Waals surface area (Å²) in [6.45, 7) is 2.84. The van der Waals surface area contributed by atoms with E-state index in [4.69, 9.17) is 5.73 Å². The van der Waals surface area contributed by atoms with Crippen LogP contribution in [0, 0.1) is 6.92 Å². The van der Waals surface area contributed by atoms with Gasteiger partial charge >= 0.3 is 0 Å². The third-order valence-electron chi connectivity index (χ3n) is 3.82. The number of nitrogens with zero attached hydrogens (tertiary/aromatic N) is 1. The molecule has 0 saturated heterocycles. The number of hydrogen-bond acceptors (Lipinski definition) is 2. The maximum Gasteiger partial charge on any atom is 0.258 e. The number of anilines is 2. The number of carbonyl (C=O) groups is 1. The van der Waals surface area contributed by atoms with Crippen LogP contribution in [0.2, 0.25) is 0 Å². The minimum Gasteiger partial charge on any atom is -0.399 e. The molecule has 2 N–H and O–H groups in total. The van der Waals surface area contributed by atoms with Gasteiger partial charge in [0, 0.05) is 17.8 Å². The molecule has 2 aromatic rings. The molecule has 1 aliphatic rings. The predicted octanol–water partition coefficient (Wildman–Crippen LogP) is 3.17. The van der Waals surface area contributed by atoms with E-state index < -0.39 is 0 Å². The number of carbonyl (C=O) groups excluding carboxylic acids is 1. The lowest BCUT2D eigenvalue weighted by molar-refractivity contribution is 0.0985. The van der Waals surface area contributed by atoms with Gasteiger partial charge in [0.2, 0.25) is 0 Å². The van der Waals surface area contributed by atoms with Gasteiger partial charge in [-0.3, -0.25) is 4.79 Å². The van der Waals surface area contributed by atoms with E-state index in [-0.39, 0.29) is 5.91 Å². The number of rotatable bonds is 1. The summed E-state index contributed by atoms with van der Waals surface area (Å²) in [7, 11) is 0. The number of nitrogen functional groups attached to an aromatic ring is 1. The van der Waals surface area contributed by atoms with Gasteiger partial charge < -0.3 is 10.6 Å². The number of aryl methyl sites for hydroxylation is 2. The maximum atomic E-state index is 12.7. The van der Waals surface area contributed by atoms with E-state index in [0.717, 1.165) is 30.6 Å². The first-order valence-electron chi connectivity index (χ1n) is 6.93. The summed E-state index contributed by atoms with van der Waals surface area (Å²) in [5.74, 6) is 0.0558. The van der Waals surface area contributed by atoms with Crippen LogP contribution in [0.3, 0.4) is 0 Å². The van der Waals surface area contributed by atoms with Gasteiger partial charge in [0.15, 0.2) is 0 Å². The molecule has 102 valence electrons. The molecule has 3 nitrogen and oxygen atoms in total. The predicted molar refractivity (Wildman–Crippen MR) is 82.0 cm³/mol. The van der Waals surface area contributed by atoms with Gasteiger partial charge in [-0.15, -0.1) is 0 Å². The lowest BCUT2D eigenvalue weighted by atomic mass is 9.97. The smallest absolute Gasteiger partial charge is 0.258 e. The highest BCUT2D eigenvalue weighted by Crippen LogP contribution is 2.31. The molecule has 2 aromatic carbocycles. The zero-order chi connectivity index (χ0) is 14.1. The van der Waals surface area contributed by atoms with Crippen LogP contribution in [0.5, 0.6) is 0 Å². The number of nitrogens with two attached hydrogens (primary N) is 1. The highest BCUT2D eigenvalue weighted by molar-refractivity contribution is 6.07. The molecule has 3 rings (SSSR count). The maximum absolute atomic E-state index is 12.7. The summed E-state index contributed by atoms with van der Waals surface area (Å²) < 4.78 is 0. The van der Waals surface area contributed by atoms with Gasteiger partial charge in [-0.1, -0.05) is 18.2 Å². The zero-order valence-electron chi connectivity index (χ0n) is 11.6. The van der Waals surface area contributed by atoms with Crippen molar-refractivity contribution in [2.24, 2.45) is 0 Å². The van der Waals surface area contributed by atoms with E-state index in [1.54, 1.807) is 24.3 Å². The summed E-state index contributed by atoms with van der Waals surface area (Å²) >= 11 is 0. The number of amides is 1. The number of para-hydroxylation sites is 1. The molecule has 0 saturated carbocycles. The minimum atomic E-state index is 0.0558. The highest BCUT2D eigenvalue weighted by Gasteiger charge is 2.24. The second kappa shape index (κ2) is 5.00. The summed E-state index contributed by atoms with van der Waals surface area (Å²) in [6.07, 6.45) is 2.06. The van der Waals surface area contributed by atoms with Gasteiger partial charge in [-0.25, -0.2) is 0 Å². The largest absolute Gasteiger partial charge is 0.399 e. The Balaban J connectivity index is 2.00. The minimum absolute atomic E-state index is 0.0558. The highest BCUT2D eigenvalue weighted by atomic mass is 16.2. The van der Waals surface area contributed by atoms with Crippen molar-refractivity contribution in [2.45, 2.75) is 19.8 Å². The van der Waals surface area contributed by atoms with Gasteiger partial charge in [-0.05, 0) is 55.2 Å². The first kappa shape index (κ1) is 12.7. The Bertz CT molecular complexity index is 647. The van der Waals surface area contributed by atoms with E-state index in [1.807, 2.05) is 4.90 Å². The SMILES string of the molecule is Cc1cccc2c1N(C(=O)c1ccc(N)cc1)CCC2. The van der Waals surface area contributed by atoms with Crippen molar-refractivity contribution in [2.75, 3.05) is 17.2 Å². The molecule has 0 bridgehead atoms. The van der Waals surface area contributed by atoms with Crippen molar-refractivity contribution >= 4 is 17.3 Å². The van der Waals surface area contributed by atoms with Crippen LogP contribution in [0.1, 0.15) is 27.9 Å². The fourth-order valence-electron chi connectivity index (χ4n) is 2.83. The van der Waals surface area contributed by atoms with Crippen LogP contribution < -0.4 is 10.6 Å². The number of benzene rings is 2. The molecule has 0 fully saturated rings. The van der Waals surface area contributed by atoms with Crippen molar-refractivity contribution in [3.05, 3.63) is 59.2 Å². The van der Waals surface area contributed by atoms with Crippen LogP contribution in [0.25, 0.3) is 0 Å². The van der Waals surface area contributed by atoms with Gasteiger partial charge in [-0.2, -0.15) is 0 Å². The topological polar surface area (TPSA) is 46.3 Å². The Morgan fingerprint density at radius 2 is 1.90 bits per heavy atom. The van der Waals surface area contributed by atoms with Gasteiger partial charge in [0.05, 0.1) is 5.69 Å². The zero-order valence-corrected chi connectivity index (χ0v) is 11.6. The molecular formula is C17H18N2O. The third kappa shape index (κ3) is 2.16. The van der Waals surface area contributed by atoms with E-state index in [0.29, 0.717) is 11.3 Å². The van der Waals surface area contributed by atoms with Crippen LogP contribution in [0.4, 0.5) is 11.4 Å². The Kier molecular flexibility index (Phi) is 3.18. The summed E-state index contributed by atoms with van der Waals surface area (Å²) in [5.41, 5.74) is 10.6. The molecule has 1 aliphatic heterocycles. The van der Waals surface area contributed by atoms with E-state index >= 15 is 0 Å². The third-order valence-corrected chi connectivity index (χ3v) is 3.82. The van der Waals surface area contributed by atoms with Crippen molar-refractivity contribution in [3.63, 3.8) is 0 Å². The van der Waals surface area contributed by atoms with Crippen molar-refractivity contribution < 1.29 is 4.79 Å². The normalized spacial score (nSPS) is 13.9. The first-order valence-corrected chi connectivity index (χ1v) is 6.93. The average Bonchev–Trinajstić information content (AvgIpc) is 2.47. The molecule has 0 spiro atoms. The van der Waals surface area contributed by atoms with Crippen molar-refractivity contribution in [3.8, 4) is 0 Å². The molecule has 0 aromatic heterocycles. The van der Waals surface area contributed by atoms with E-state index in [2.05, 4.69) is 25.1 Å². The van der Waals surface area contributed by atoms with Crippen LogP contribution in [-0.2, 0) is 6.42 Å². The standard InChI is InChI=1S/C17H18N2O/c1-12-4-2-5-13-6-3-11-19(16(12)13)17(20)14-7-9-15(18)10-8-14/h2,4-5,7-10H,3,6,11,18H2,1H3. The molecule has 0 unspecified atom stereocenters. The summed E-state index contributed by atoms with van der Waals surface area (Å²) in [6, 6.07) is 13.4. The van der Waals surface area contributed by atoms with E-state index in [1.165, 1.54) is 5.56 Å².